The number of fused-ring (bicyclic) bond motifs is 1. The summed E-state index contributed by atoms with van der Waals surface area (Å²) in [6.45, 7) is 0.231. The molecule has 0 aliphatic carbocycles. The van der Waals surface area contributed by atoms with Crippen LogP contribution >= 0.6 is 0 Å². The van der Waals surface area contributed by atoms with Crippen LogP contribution in [0.1, 0.15) is 12.5 Å². The monoisotopic (exact) mass is 269 g/mol. The van der Waals surface area contributed by atoms with Crippen LogP contribution in [0.25, 0.3) is 11.4 Å². The van der Waals surface area contributed by atoms with Crippen LogP contribution in [-0.2, 0) is 0 Å². The molecule has 19 heavy (non-hydrogen) atoms. The maximum absolute atomic E-state index is 12.9. The van der Waals surface area contributed by atoms with Gasteiger partial charge in [0.25, 0.3) is 0 Å². The maximum atomic E-state index is 12.9. The maximum Gasteiger partial charge on any atom is 0.411 e. The van der Waals surface area contributed by atoms with Crippen molar-refractivity contribution in [3.63, 3.8) is 0 Å². The Morgan fingerprint density at radius 1 is 1.37 bits per heavy atom. The number of halogens is 3. The molecule has 1 aliphatic heterocycles. The highest BCUT2D eigenvalue weighted by Gasteiger charge is 2.44. The van der Waals surface area contributed by atoms with Gasteiger partial charge >= 0.3 is 6.18 Å². The Morgan fingerprint density at radius 2 is 2.21 bits per heavy atom. The molecule has 0 saturated carbocycles. The average Bonchev–Trinajstić information content (AvgIpc) is 2.82. The van der Waals surface area contributed by atoms with E-state index in [4.69, 9.17) is 0 Å². The number of alkyl halides is 3. The van der Waals surface area contributed by atoms with Gasteiger partial charge in [-0.15, -0.1) is 5.10 Å². The van der Waals surface area contributed by atoms with E-state index < -0.39 is 12.2 Å². The Balaban J connectivity index is 2.03. The van der Waals surface area contributed by atoms with Crippen molar-refractivity contribution in [1.82, 2.24) is 19.7 Å². The molecule has 8 heteroatoms. The van der Waals surface area contributed by atoms with Crippen LogP contribution < -0.4 is 5.32 Å². The number of rotatable bonds is 1. The van der Waals surface area contributed by atoms with Crippen LogP contribution in [0.5, 0.6) is 0 Å². The fourth-order valence-corrected chi connectivity index (χ4v) is 2.02. The second-order valence-electron chi connectivity index (χ2n) is 4.22. The minimum atomic E-state index is -4.32. The zero-order valence-corrected chi connectivity index (χ0v) is 9.72. The molecular weight excluding hydrogens is 259 g/mol. The Bertz CT molecular complexity index is 578. The van der Waals surface area contributed by atoms with Gasteiger partial charge in [-0.3, -0.25) is 4.98 Å². The van der Waals surface area contributed by atoms with Gasteiger partial charge in [0, 0.05) is 24.5 Å². The van der Waals surface area contributed by atoms with Crippen molar-refractivity contribution in [3.8, 4) is 11.4 Å². The molecule has 100 valence electrons. The first kappa shape index (κ1) is 11.9. The molecule has 1 aliphatic rings. The lowest BCUT2D eigenvalue weighted by Gasteiger charge is -2.25. The Morgan fingerprint density at radius 3 is 2.89 bits per heavy atom. The molecular formula is C11H10F3N5. The predicted molar refractivity (Wildman–Crippen MR) is 61.5 cm³/mol. The Kier molecular flexibility index (Phi) is 2.65. The van der Waals surface area contributed by atoms with Gasteiger partial charge in [-0.1, -0.05) is 0 Å². The molecule has 1 N–H and O–H groups in total. The summed E-state index contributed by atoms with van der Waals surface area (Å²) < 4.78 is 39.6. The average molecular weight is 269 g/mol. The molecule has 0 radical (unpaired) electrons. The van der Waals surface area contributed by atoms with Crippen molar-refractivity contribution >= 4 is 5.95 Å². The quantitative estimate of drug-likeness (QED) is 0.862. The lowest BCUT2D eigenvalue weighted by molar-refractivity contribution is -0.171. The largest absolute Gasteiger partial charge is 0.411 e. The third kappa shape index (κ3) is 2.13. The number of hydrogen-bond acceptors (Lipinski definition) is 4. The van der Waals surface area contributed by atoms with Crippen molar-refractivity contribution in [1.29, 1.82) is 0 Å². The number of pyridine rings is 1. The molecule has 3 heterocycles. The van der Waals surface area contributed by atoms with Crippen LogP contribution in [0.15, 0.2) is 24.5 Å². The summed E-state index contributed by atoms with van der Waals surface area (Å²) in [6, 6.07) is 1.77. The Hall–Kier alpha value is -2.12. The molecule has 1 unspecified atom stereocenters. The summed E-state index contributed by atoms with van der Waals surface area (Å²) in [5.41, 5.74) is 0.590. The molecule has 0 aromatic carbocycles. The Labute approximate surface area is 106 Å². The topological polar surface area (TPSA) is 55.6 Å². The first-order valence-corrected chi connectivity index (χ1v) is 5.73. The van der Waals surface area contributed by atoms with E-state index in [9.17, 15) is 13.2 Å². The number of nitrogens with zero attached hydrogens (tertiary/aromatic N) is 4. The first-order valence-electron chi connectivity index (χ1n) is 5.73. The van der Waals surface area contributed by atoms with E-state index in [1.165, 1.54) is 6.20 Å². The summed E-state index contributed by atoms with van der Waals surface area (Å²) in [6.07, 6.45) is -1.27. The van der Waals surface area contributed by atoms with Crippen LogP contribution in [0.4, 0.5) is 19.1 Å². The van der Waals surface area contributed by atoms with Crippen LogP contribution in [0, 0.1) is 0 Å². The van der Waals surface area contributed by atoms with Crippen LogP contribution in [-0.4, -0.2) is 32.5 Å². The van der Waals surface area contributed by atoms with Crippen molar-refractivity contribution in [3.05, 3.63) is 24.5 Å². The fourth-order valence-electron chi connectivity index (χ4n) is 2.02. The van der Waals surface area contributed by atoms with E-state index in [1.807, 2.05) is 0 Å². The van der Waals surface area contributed by atoms with Crippen molar-refractivity contribution in [2.24, 2.45) is 0 Å². The summed E-state index contributed by atoms with van der Waals surface area (Å²) in [4.78, 5) is 7.99. The third-order valence-corrected chi connectivity index (χ3v) is 2.92. The van der Waals surface area contributed by atoms with E-state index in [0.29, 0.717) is 5.56 Å². The molecule has 2 aromatic rings. The van der Waals surface area contributed by atoms with Gasteiger partial charge in [0.05, 0.1) is 0 Å². The summed E-state index contributed by atoms with van der Waals surface area (Å²) in [5, 5.41) is 6.78. The lowest BCUT2D eigenvalue weighted by atomic mass is 10.2. The van der Waals surface area contributed by atoms with Crippen LogP contribution in [0.3, 0.4) is 0 Å². The lowest BCUT2D eigenvalue weighted by Crippen LogP contribution is -2.34. The van der Waals surface area contributed by atoms with E-state index in [-0.39, 0.29) is 24.7 Å². The zero-order valence-electron chi connectivity index (χ0n) is 9.72. The molecule has 2 aromatic heterocycles. The standard InChI is InChI=1S/C11H10F3N5/c12-11(13,14)8-3-5-16-10-17-9(18-19(8)10)7-2-1-4-15-6-7/h1-2,4,6,8H,3,5H2,(H,16,17,18). The SMILES string of the molecule is FC(F)(F)C1CCNc2nc(-c3cccnc3)nn21. The number of nitrogens with one attached hydrogen (secondary N) is 1. The highest BCUT2D eigenvalue weighted by atomic mass is 19.4. The third-order valence-electron chi connectivity index (χ3n) is 2.92. The molecule has 0 spiro atoms. The number of anilines is 1. The number of aromatic nitrogens is 4. The summed E-state index contributed by atoms with van der Waals surface area (Å²) in [5.74, 6) is 0.388. The molecule has 0 fully saturated rings. The highest BCUT2D eigenvalue weighted by molar-refractivity contribution is 5.55. The minimum absolute atomic E-state index is 0.0493. The van der Waals surface area contributed by atoms with Gasteiger partial charge < -0.3 is 5.32 Å². The van der Waals surface area contributed by atoms with Gasteiger partial charge in [-0.2, -0.15) is 18.2 Å². The van der Waals surface area contributed by atoms with E-state index in [1.54, 1.807) is 18.3 Å². The van der Waals surface area contributed by atoms with Crippen molar-refractivity contribution in [2.45, 2.75) is 18.6 Å². The van der Waals surface area contributed by atoms with Gasteiger partial charge in [-0.25, -0.2) is 4.68 Å². The molecule has 3 rings (SSSR count). The minimum Gasteiger partial charge on any atom is -0.354 e. The second kappa shape index (κ2) is 4.22. The van der Waals surface area contributed by atoms with Crippen molar-refractivity contribution in [2.75, 3.05) is 11.9 Å². The van der Waals surface area contributed by atoms with Gasteiger partial charge in [-0.05, 0) is 18.6 Å². The molecule has 0 saturated heterocycles. The molecule has 0 amide bonds. The second-order valence-corrected chi connectivity index (χ2v) is 4.22. The van der Waals surface area contributed by atoms with E-state index in [0.717, 1.165) is 4.68 Å². The van der Waals surface area contributed by atoms with E-state index in [2.05, 4.69) is 20.4 Å². The van der Waals surface area contributed by atoms with Crippen molar-refractivity contribution < 1.29 is 13.2 Å². The van der Waals surface area contributed by atoms with E-state index >= 15 is 0 Å². The molecule has 1 atom stereocenters. The smallest absolute Gasteiger partial charge is 0.354 e. The normalized spacial score (nSPS) is 18.8. The number of hydrogen-bond donors (Lipinski definition) is 1. The highest BCUT2D eigenvalue weighted by Crippen LogP contribution is 2.37. The molecule has 0 bridgehead atoms. The van der Waals surface area contributed by atoms with Gasteiger partial charge in [0.15, 0.2) is 11.9 Å². The fraction of sp³-hybridized carbons (Fsp3) is 0.364. The van der Waals surface area contributed by atoms with Gasteiger partial charge in [0.2, 0.25) is 5.95 Å². The summed E-state index contributed by atoms with van der Waals surface area (Å²) in [7, 11) is 0. The predicted octanol–water partition coefficient (Wildman–Crippen LogP) is 2.26. The summed E-state index contributed by atoms with van der Waals surface area (Å²) >= 11 is 0. The van der Waals surface area contributed by atoms with Gasteiger partial charge in [0.1, 0.15) is 0 Å². The first-order chi connectivity index (χ1) is 9.05. The zero-order chi connectivity index (χ0) is 13.5. The van der Waals surface area contributed by atoms with Crippen LogP contribution in [0.2, 0.25) is 0 Å². The molecule has 5 nitrogen and oxygen atoms in total.